The Bertz CT molecular complexity index is 633. The van der Waals surface area contributed by atoms with Gasteiger partial charge in [0.25, 0.3) is 0 Å². The number of nitrogens with one attached hydrogen (secondary N) is 1. The van der Waals surface area contributed by atoms with Crippen LogP contribution in [0.4, 0.5) is 5.82 Å². The third kappa shape index (κ3) is 1.94. The maximum absolute atomic E-state index is 5.71. The van der Waals surface area contributed by atoms with Crippen LogP contribution in [0.15, 0.2) is 42.6 Å². The summed E-state index contributed by atoms with van der Waals surface area (Å²) in [5.41, 5.74) is 8.63. The lowest BCUT2D eigenvalue weighted by Crippen LogP contribution is -1.84. The molecule has 1 aromatic carbocycles. The number of hydrogen-bond acceptors (Lipinski definition) is 3. The molecule has 0 bridgehead atoms. The molecule has 0 aliphatic rings. The van der Waals surface area contributed by atoms with Gasteiger partial charge < -0.3 is 5.73 Å². The molecule has 2 aromatic heterocycles. The van der Waals surface area contributed by atoms with Crippen LogP contribution in [0.5, 0.6) is 0 Å². The summed E-state index contributed by atoms with van der Waals surface area (Å²) in [5.74, 6) is 0.530. The van der Waals surface area contributed by atoms with Crippen LogP contribution in [0.2, 0.25) is 0 Å². The van der Waals surface area contributed by atoms with Crippen LogP contribution in [0.1, 0.15) is 0 Å². The molecule has 0 fully saturated rings. The number of nitrogens with two attached hydrogens (primary N) is 1. The predicted octanol–water partition coefficient (Wildman–Crippen LogP) is 2.63. The average molecular weight is 247 g/mol. The lowest BCUT2D eigenvalue weighted by molar-refractivity contribution is 1.13. The van der Waals surface area contributed by atoms with Gasteiger partial charge in [-0.2, -0.15) is 5.10 Å². The fraction of sp³-hybridized carbons (Fsp3) is 0. The maximum Gasteiger partial charge on any atom is 0.153 e. The van der Waals surface area contributed by atoms with Crippen LogP contribution in [-0.2, 0) is 0 Å². The molecule has 3 rings (SSSR count). The number of fused-ring (bicyclic) bond motifs is 1. The fourth-order valence-electron chi connectivity index (χ4n) is 1.73. The first-order chi connectivity index (χ1) is 7.84. The SMILES string of the molecule is Cl.Nc1n[nH]c2cc(-c3ccccn3)ccc12. The minimum absolute atomic E-state index is 0. The lowest BCUT2D eigenvalue weighted by Gasteiger charge is -1.99. The van der Waals surface area contributed by atoms with E-state index in [-0.39, 0.29) is 12.4 Å². The van der Waals surface area contributed by atoms with Gasteiger partial charge in [-0.05, 0) is 24.3 Å². The van der Waals surface area contributed by atoms with E-state index in [1.165, 1.54) is 0 Å². The van der Waals surface area contributed by atoms with Crippen LogP contribution in [-0.4, -0.2) is 15.2 Å². The third-order valence-electron chi connectivity index (χ3n) is 2.55. The molecule has 86 valence electrons. The normalized spacial score (nSPS) is 10.1. The summed E-state index contributed by atoms with van der Waals surface area (Å²) in [7, 11) is 0. The molecule has 0 unspecified atom stereocenters. The quantitative estimate of drug-likeness (QED) is 0.694. The number of nitrogen functional groups attached to an aromatic ring is 1. The van der Waals surface area contributed by atoms with Crippen molar-refractivity contribution >= 4 is 29.1 Å². The van der Waals surface area contributed by atoms with E-state index in [0.717, 1.165) is 22.2 Å². The van der Waals surface area contributed by atoms with Crippen molar-refractivity contribution in [1.29, 1.82) is 0 Å². The van der Waals surface area contributed by atoms with Gasteiger partial charge in [-0.15, -0.1) is 12.4 Å². The van der Waals surface area contributed by atoms with Crippen LogP contribution >= 0.6 is 12.4 Å². The molecule has 0 radical (unpaired) electrons. The van der Waals surface area contributed by atoms with Crippen molar-refractivity contribution in [2.45, 2.75) is 0 Å². The van der Waals surface area contributed by atoms with Gasteiger partial charge in [0.1, 0.15) is 0 Å². The van der Waals surface area contributed by atoms with Crippen molar-refractivity contribution in [3.63, 3.8) is 0 Å². The molecule has 3 aromatic rings. The van der Waals surface area contributed by atoms with Crippen molar-refractivity contribution in [2.24, 2.45) is 0 Å². The van der Waals surface area contributed by atoms with E-state index in [1.807, 2.05) is 36.4 Å². The van der Waals surface area contributed by atoms with E-state index in [4.69, 9.17) is 5.73 Å². The molecule has 2 heterocycles. The van der Waals surface area contributed by atoms with Gasteiger partial charge >= 0.3 is 0 Å². The first kappa shape index (κ1) is 11.4. The number of aromatic amines is 1. The monoisotopic (exact) mass is 246 g/mol. The highest BCUT2D eigenvalue weighted by Crippen LogP contribution is 2.24. The second-order valence-corrected chi connectivity index (χ2v) is 3.58. The number of halogens is 1. The molecule has 4 nitrogen and oxygen atoms in total. The minimum atomic E-state index is 0. The van der Waals surface area contributed by atoms with Gasteiger partial charge in [0, 0.05) is 17.1 Å². The number of anilines is 1. The summed E-state index contributed by atoms with van der Waals surface area (Å²) in [6.45, 7) is 0. The van der Waals surface area contributed by atoms with Gasteiger partial charge in [-0.25, -0.2) is 0 Å². The summed E-state index contributed by atoms with van der Waals surface area (Å²) >= 11 is 0. The van der Waals surface area contributed by atoms with Crippen LogP contribution < -0.4 is 5.73 Å². The highest BCUT2D eigenvalue weighted by molar-refractivity contribution is 5.91. The number of pyridine rings is 1. The highest BCUT2D eigenvalue weighted by Gasteiger charge is 2.04. The summed E-state index contributed by atoms with van der Waals surface area (Å²) in [6.07, 6.45) is 1.78. The molecular weight excluding hydrogens is 236 g/mol. The van der Waals surface area contributed by atoms with Gasteiger partial charge in [-0.1, -0.05) is 12.1 Å². The van der Waals surface area contributed by atoms with Crippen molar-refractivity contribution < 1.29 is 0 Å². The molecule has 0 aliphatic carbocycles. The number of aromatic nitrogens is 3. The predicted molar refractivity (Wildman–Crippen MR) is 71.0 cm³/mol. The minimum Gasteiger partial charge on any atom is -0.382 e. The number of rotatable bonds is 1. The van der Waals surface area contributed by atoms with E-state index in [0.29, 0.717) is 5.82 Å². The molecule has 17 heavy (non-hydrogen) atoms. The zero-order chi connectivity index (χ0) is 11.0. The zero-order valence-electron chi connectivity index (χ0n) is 8.92. The number of hydrogen-bond donors (Lipinski definition) is 2. The second kappa shape index (κ2) is 4.43. The van der Waals surface area contributed by atoms with E-state index in [1.54, 1.807) is 6.20 Å². The number of nitrogens with zero attached hydrogens (tertiary/aromatic N) is 2. The van der Waals surface area contributed by atoms with E-state index in [9.17, 15) is 0 Å². The molecule has 0 saturated heterocycles. The van der Waals surface area contributed by atoms with Gasteiger partial charge in [0.05, 0.1) is 11.2 Å². The summed E-state index contributed by atoms with van der Waals surface area (Å²) < 4.78 is 0. The number of benzene rings is 1. The Morgan fingerprint density at radius 1 is 1.12 bits per heavy atom. The lowest BCUT2D eigenvalue weighted by atomic mass is 10.1. The molecule has 5 heteroatoms. The summed E-state index contributed by atoms with van der Waals surface area (Å²) in [5, 5.41) is 7.80. The second-order valence-electron chi connectivity index (χ2n) is 3.58. The summed E-state index contributed by atoms with van der Waals surface area (Å²) in [4.78, 5) is 4.30. The van der Waals surface area contributed by atoms with Crippen LogP contribution in [0.3, 0.4) is 0 Å². The Morgan fingerprint density at radius 3 is 2.76 bits per heavy atom. The molecule has 0 saturated carbocycles. The fourth-order valence-corrected chi connectivity index (χ4v) is 1.73. The van der Waals surface area contributed by atoms with Crippen molar-refractivity contribution in [1.82, 2.24) is 15.2 Å². The van der Waals surface area contributed by atoms with Crippen molar-refractivity contribution in [3.8, 4) is 11.3 Å². The molecule has 0 spiro atoms. The molecule has 0 aliphatic heterocycles. The molecular formula is C12H11ClN4. The molecule has 0 amide bonds. The zero-order valence-corrected chi connectivity index (χ0v) is 9.74. The van der Waals surface area contributed by atoms with E-state index >= 15 is 0 Å². The smallest absolute Gasteiger partial charge is 0.153 e. The van der Waals surface area contributed by atoms with E-state index in [2.05, 4.69) is 15.2 Å². The number of H-pyrrole nitrogens is 1. The van der Waals surface area contributed by atoms with Crippen molar-refractivity contribution in [3.05, 3.63) is 42.6 Å². The Balaban J connectivity index is 0.00000108. The molecule has 0 atom stereocenters. The largest absolute Gasteiger partial charge is 0.382 e. The maximum atomic E-state index is 5.71. The first-order valence-corrected chi connectivity index (χ1v) is 4.99. The first-order valence-electron chi connectivity index (χ1n) is 4.99. The van der Waals surface area contributed by atoms with Gasteiger partial charge in [0.15, 0.2) is 5.82 Å². The van der Waals surface area contributed by atoms with E-state index < -0.39 is 0 Å². The van der Waals surface area contributed by atoms with Gasteiger partial charge in [-0.3, -0.25) is 10.1 Å². The van der Waals surface area contributed by atoms with Gasteiger partial charge in [0.2, 0.25) is 0 Å². The Labute approximate surface area is 104 Å². The third-order valence-corrected chi connectivity index (χ3v) is 2.55. The Kier molecular flexibility index (Phi) is 2.97. The van der Waals surface area contributed by atoms with Crippen molar-refractivity contribution in [2.75, 3.05) is 5.73 Å². The highest BCUT2D eigenvalue weighted by atomic mass is 35.5. The Hall–Kier alpha value is -2.07. The van der Waals surface area contributed by atoms with Crippen LogP contribution in [0, 0.1) is 0 Å². The molecule has 3 N–H and O–H groups in total. The standard InChI is InChI=1S/C12H10N4.ClH/c13-12-9-5-4-8(7-11(9)15-16-12)10-3-1-2-6-14-10;/h1-7H,(H3,13,15,16);1H. The Morgan fingerprint density at radius 2 is 2.00 bits per heavy atom. The summed E-state index contributed by atoms with van der Waals surface area (Å²) in [6, 6.07) is 11.8. The van der Waals surface area contributed by atoms with Crippen LogP contribution in [0.25, 0.3) is 22.2 Å². The topological polar surface area (TPSA) is 67.6 Å². The average Bonchev–Trinajstić information content (AvgIpc) is 2.72.